The number of aromatic nitrogens is 2. The van der Waals surface area contributed by atoms with E-state index in [4.69, 9.17) is 0 Å². The number of carbonyl (C=O) groups excluding carboxylic acids is 1. The van der Waals surface area contributed by atoms with Gasteiger partial charge in [0.05, 0.1) is 5.75 Å². The second-order valence-electron chi connectivity index (χ2n) is 5.67. The quantitative estimate of drug-likeness (QED) is 0.819. The van der Waals surface area contributed by atoms with Gasteiger partial charge in [0.15, 0.2) is 4.34 Å². The molecule has 0 aliphatic rings. The number of rotatable bonds is 6. The zero-order valence-corrected chi connectivity index (χ0v) is 14.1. The molecule has 0 atom stereocenters. The van der Waals surface area contributed by atoms with Crippen LogP contribution >= 0.6 is 23.1 Å². The molecule has 21 heavy (non-hydrogen) atoms. The Bertz CT molecular complexity index is 590. The smallest absolute Gasteiger partial charge is 0.206 e. The first-order chi connectivity index (χ1) is 9.95. The van der Waals surface area contributed by atoms with Gasteiger partial charge in [0, 0.05) is 12.0 Å². The highest BCUT2D eigenvalue weighted by molar-refractivity contribution is 8.01. The monoisotopic (exact) mass is 321 g/mol. The SMILES string of the molecule is CC(C)(C)C(=O)CSc1nnc(NCc2ccccc2)s1. The van der Waals surface area contributed by atoms with Crippen molar-refractivity contribution in [1.82, 2.24) is 10.2 Å². The Hall–Kier alpha value is -1.40. The van der Waals surface area contributed by atoms with Gasteiger partial charge in [-0.15, -0.1) is 10.2 Å². The second-order valence-corrected chi connectivity index (χ2v) is 7.87. The van der Waals surface area contributed by atoms with Crippen LogP contribution in [-0.2, 0) is 11.3 Å². The van der Waals surface area contributed by atoms with Crippen LogP contribution < -0.4 is 5.32 Å². The minimum atomic E-state index is -0.300. The number of hydrogen-bond acceptors (Lipinski definition) is 6. The number of nitrogens with zero attached hydrogens (tertiary/aromatic N) is 2. The fourth-order valence-corrected chi connectivity index (χ4v) is 3.37. The van der Waals surface area contributed by atoms with Gasteiger partial charge in [-0.1, -0.05) is 74.2 Å². The van der Waals surface area contributed by atoms with Gasteiger partial charge in [-0.2, -0.15) is 0 Å². The lowest BCUT2D eigenvalue weighted by Gasteiger charge is -2.15. The molecule has 1 heterocycles. The standard InChI is InChI=1S/C15H19N3OS2/c1-15(2,3)12(19)10-20-14-18-17-13(21-14)16-9-11-7-5-4-6-8-11/h4-8H,9-10H2,1-3H3,(H,16,17). The normalized spacial score (nSPS) is 11.4. The zero-order chi connectivity index (χ0) is 15.3. The highest BCUT2D eigenvalue weighted by Gasteiger charge is 2.21. The number of ketones is 1. The molecule has 0 saturated carbocycles. The van der Waals surface area contributed by atoms with Gasteiger partial charge < -0.3 is 5.32 Å². The Morgan fingerprint density at radius 2 is 1.95 bits per heavy atom. The van der Waals surface area contributed by atoms with E-state index >= 15 is 0 Å². The Morgan fingerprint density at radius 3 is 2.62 bits per heavy atom. The maximum atomic E-state index is 11.9. The van der Waals surface area contributed by atoms with E-state index in [1.807, 2.05) is 39.0 Å². The summed E-state index contributed by atoms with van der Waals surface area (Å²) in [6, 6.07) is 10.1. The van der Waals surface area contributed by atoms with Crippen molar-refractivity contribution in [3.63, 3.8) is 0 Å². The number of anilines is 1. The molecule has 2 aromatic rings. The van der Waals surface area contributed by atoms with Crippen LogP contribution in [0.5, 0.6) is 0 Å². The molecule has 0 unspecified atom stereocenters. The zero-order valence-electron chi connectivity index (χ0n) is 12.4. The van der Waals surface area contributed by atoms with Gasteiger partial charge in [0.2, 0.25) is 5.13 Å². The van der Waals surface area contributed by atoms with Crippen molar-refractivity contribution in [1.29, 1.82) is 0 Å². The molecule has 112 valence electrons. The Morgan fingerprint density at radius 1 is 1.24 bits per heavy atom. The van der Waals surface area contributed by atoms with Crippen LogP contribution in [0.15, 0.2) is 34.7 Å². The number of hydrogen-bond donors (Lipinski definition) is 1. The van der Waals surface area contributed by atoms with Crippen molar-refractivity contribution in [2.75, 3.05) is 11.1 Å². The summed E-state index contributed by atoms with van der Waals surface area (Å²) in [6.45, 7) is 6.52. The summed E-state index contributed by atoms with van der Waals surface area (Å²) in [4.78, 5) is 11.9. The molecule has 1 N–H and O–H groups in total. The van der Waals surface area contributed by atoms with Crippen molar-refractivity contribution in [3.8, 4) is 0 Å². The van der Waals surface area contributed by atoms with Crippen molar-refractivity contribution >= 4 is 34.0 Å². The molecule has 0 amide bonds. The van der Waals surface area contributed by atoms with Crippen LogP contribution in [0.25, 0.3) is 0 Å². The third kappa shape index (κ3) is 5.13. The van der Waals surface area contributed by atoms with Crippen molar-refractivity contribution in [3.05, 3.63) is 35.9 Å². The number of Topliss-reactive ketones (excluding diaryl/α,β-unsaturated/α-hetero) is 1. The first-order valence-corrected chi connectivity index (χ1v) is 8.53. The van der Waals surface area contributed by atoms with Crippen LogP contribution in [0.2, 0.25) is 0 Å². The average Bonchev–Trinajstić information content (AvgIpc) is 2.90. The Kier molecular flexibility index (Phi) is 5.36. The van der Waals surface area contributed by atoms with Gasteiger partial charge in [0.25, 0.3) is 0 Å². The maximum Gasteiger partial charge on any atom is 0.206 e. The third-order valence-electron chi connectivity index (χ3n) is 2.86. The van der Waals surface area contributed by atoms with Gasteiger partial charge in [-0.25, -0.2) is 0 Å². The van der Waals surface area contributed by atoms with Crippen molar-refractivity contribution < 1.29 is 4.79 Å². The molecule has 0 saturated heterocycles. The number of thioether (sulfide) groups is 1. The maximum absolute atomic E-state index is 11.9. The summed E-state index contributed by atoms with van der Waals surface area (Å²) < 4.78 is 0.822. The topological polar surface area (TPSA) is 54.9 Å². The predicted octanol–water partition coefficient (Wildman–Crippen LogP) is 3.86. The van der Waals surface area contributed by atoms with E-state index in [0.717, 1.165) is 16.0 Å². The summed E-state index contributed by atoms with van der Waals surface area (Å²) in [5.41, 5.74) is 0.899. The minimum absolute atomic E-state index is 0.224. The number of nitrogens with one attached hydrogen (secondary N) is 1. The molecule has 0 aliphatic carbocycles. The van der Waals surface area contributed by atoms with Crippen LogP contribution in [0, 0.1) is 5.41 Å². The molecule has 4 nitrogen and oxygen atoms in total. The molecule has 0 aliphatic heterocycles. The molecule has 0 bridgehead atoms. The van der Waals surface area contributed by atoms with Gasteiger partial charge in [-0.3, -0.25) is 4.79 Å². The molecule has 0 spiro atoms. The van der Waals surface area contributed by atoms with E-state index in [9.17, 15) is 4.79 Å². The van der Waals surface area contributed by atoms with Gasteiger partial charge in [-0.05, 0) is 5.56 Å². The number of carbonyl (C=O) groups is 1. The highest BCUT2D eigenvalue weighted by Crippen LogP contribution is 2.28. The van der Waals surface area contributed by atoms with E-state index in [-0.39, 0.29) is 11.2 Å². The molecule has 1 aromatic carbocycles. The van der Waals surface area contributed by atoms with E-state index < -0.39 is 0 Å². The molecule has 0 radical (unpaired) electrons. The number of benzene rings is 1. The Labute approximate surface area is 133 Å². The third-order valence-corrected chi connectivity index (χ3v) is 4.87. The molecule has 6 heteroatoms. The molecular formula is C15H19N3OS2. The summed E-state index contributed by atoms with van der Waals surface area (Å²) in [7, 11) is 0. The van der Waals surface area contributed by atoms with E-state index in [2.05, 4.69) is 27.6 Å². The fourth-order valence-electron chi connectivity index (χ4n) is 1.46. The largest absolute Gasteiger partial charge is 0.356 e. The second kappa shape index (κ2) is 7.04. The van der Waals surface area contributed by atoms with Crippen LogP contribution in [0.3, 0.4) is 0 Å². The van der Waals surface area contributed by atoms with E-state index in [1.165, 1.54) is 28.7 Å². The molecule has 1 aromatic heterocycles. The summed E-state index contributed by atoms with van der Waals surface area (Å²) >= 11 is 2.94. The molecule has 2 rings (SSSR count). The summed E-state index contributed by atoms with van der Waals surface area (Å²) in [5, 5.41) is 12.2. The average molecular weight is 321 g/mol. The van der Waals surface area contributed by atoms with Gasteiger partial charge >= 0.3 is 0 Å². The lowest BCUT2D eigenvalue weighted by Crippen LogP contribution is -2.21. The first kappa shape index (κ1) is 16.0. The van der Waals surface area contributed by atoms with Crippen LogP contribution in [0.4, 0.5) is 5.13 Å². The van der Waals surface area contributed by atoms with Crippen LogP contribution in [0.1, 0.15) is 26.3 Å². The van der Waals surface area contributed by atoms with E-state index in [1.54, 1.807) is 0 Å². The minimum Gasteiger partial charge on any atom is -0.356 e. The lowest BCUT2D eigenvalue weighted by molar-refractivity contribution is -0.123. The van der Waals surface area contributed by atoms with Crippen LogP contribution in [-0.4, -0.2) is 21.7 Å². The molecular weight excluding hydrogens is 302 g/mol. The lowest BCUT2D eigenvalue weighted by atomic mass is 9.92. The van der Waals surface area contributed by atoms with Crippen molar-refractivity contribution in [2.45, 2.75) is 31.7 Å². The first-order valence-electron chi connectivity index (χ1n) is 6.72. The van der Waals surface area contributed by atoms with E-state index in [0.29, 0.717) is 5.75 Å². The summed E-state index contributed by atoms with van der Waals surface area (Å²) in [5.74, 6) is 0.665. The fraction of sp³-hybridized carbons (Fsp3) is 0.400. The molecule has 0 fully saturated rings. The van der Waals surface area contributed by atoms with Crippen molar-refractivity contribution in [2.24, 2.45) is 5.41 Å². The van der Waals surface area contributed by atoms with Gasteiger partial charge in [0.1, 0.15) is 5.78 Å². The highest BCUT2D eigenvalue weighted by atomic mass is 32.2. The summed E-state index contributed by atoms with van der Waals surface area (Å²) in [6.07, 6.45) is 0. The predicted molar refractivity (Wildman–Crippen MR) is 88.9 cm³/mol. The Balaban J connectivity index is 1.83.